The first kappa shape index (κ1) is 15.9. The fourth-order valence-electron chi connectivity index (χ4n) is 1.55. The van der Waals surface area contributed by atoms with Crippen molar-refractivity contribution in [3.8, 4) is 5.75 Å². The monoisotopic (exact) mass is 285 g/mol. The number of aryl methyl sites for hydroxylation is 1. The number of rotatable bonds is 5. The van der Waals surface area contributed by atoms with E-state index in [0.29, 0.717) is 0 Å². The normalized spacial score (nSPS) is 11.1. The molecule has 1 aromatic carbocycles. The predicted octanol–water partition coefficient (Wildman–Crippen LogP) is 2.62. The number of carbonyl (C=O) groups excluding carboxylic acids is 1. The van der Waals surface area contributed by atoms with Crippen LogP contribution in [0.3, 0.4) is 0 Å². The molecule has 0 radical (unpaired) electrons. The van der Waals surface area contributed by atoms with E-state index in [2.05, 4.69) is 4.74 Å². The minimum Gasteiger partial charge on any atom is -0.489 e. The third kappa shape index (κ3) is 3.43. The molecular weight excluding hydrogens is 269 g/mol. The van der Waals surface area contributed by atoms with E-state index in [1.54, 1.807) is 13.8 Å². The fraction of sp³-hybridized carbons (Fsp3) is 0.462. The predicted molar refractivity (Wildman–Crippen MR) is 69.1 cm³/mol. The van der Waals surface area contributed by atoms with Gasteiger partial charge in [-0.1, -0.05) is 0 Å². The van der Waals surface area contributed by atoms with Crippen LogP contribution >= 0.6 is 0 Å². The minimum atomic E-state index is -0.948. The van der Waals surface area contributed by atoms with Gasteiger partial charge in [-0.25, -0.2) is 4.39 Å². The number of nitro groups is 1. The molecule has 0 N–H and O–H groups in total. The number of carbonyl (C=O) groups is 1. The van der Waals surface area contributed by atoms with Gasteiger partial charge in [0.25, 0.3) is 5.69 Å². The summed E-state index contributed by atoms with van der Waals surface area (Å²) >= 11 is 0. The molecule has 0 amide bonds. The molecule has 6 nitrogen and oxygen atoms in total. The van der Waals surface area contributed by atoms with Gasteiger partial charge in [0, 0.05) is 5.56 Å². The Labute approximate surface area is 115 Å². The average Bonchev–Trinajstić information content (AvgIpc) is 2.37. The number of ether oxygens (including phenoxy) is 2. The molecule has 7 heteroatoms. The molecule has 1 rings (SSSR count). The lowest BCUT2D eigenvalue weighted by Gasteiger charge is -2.21. The second-order valence-corrected chi connectivity index (χ2v) is 4.99. The minimum absolute atomic E-state index is 0.103. The van der Waals surface area contributed by atoms with Crippen LogP contribution in [0.5, 0.6) is 5.75 Å². The lowest BCUT2D eigenvalue weighted by atomic mass is 9.95. The standard InChI is InChI=1S/C13H16FNO5/c1-8-5-11(9(14)6-10(8)15(17)18)20-7-13(2,3)12(16)19-4/h5-6H,7H2,1-4H3. The quantitative estimate of drug-likeness (QED) is 0.472. The first-order valence-corrected chi connectivity index (χ1v) is 5.85. The third-order valence-corrected chi connectivity index (χ3v) is 2.77. The highest BCUT2D eigenvalue weighted by Crippen LogP contribution is 2.28. The largest absolute Gasteiger partial charge is 0.489 e. The van der Waals surface area contributed by atoms with Crippen LogP contribution in [0.4, 0.5) is 10.1 Å². The molecule has 1 aromatic rings. The van der Waals surface area contributed by atoms with E-state index in [1.807, 2.05) is 0 Å². The lowest BCUT2D eigenvalue weighted by Crippen LogP contribution is -2.32. The molecule has 0 saturated heterocycles. The number of nitrogens with zero attached hydrogens (tertiary/aromatic N) is 1. The molecule has 0 aromatic heterocycles. The Bertz CT molecular complexity index is 542. The molecule has 0 fully saturated rings. The van der Waals surface area contributed by atoms with E-state index in [9.17, 15) is 19.3 Å². The van der Waals surface area contributed by atoms with Crippen LogP contribution in [0.25, 0.3) is 0 Å². The number of esters is 1. The van der Waals surface area contributed by atoms with Crippen molar-refractivity contribution in [3.05, 3.63) is 33.6 Å². The van der Waals surface area contributed by atoms with Crippen LogP contribution in [0, 0.1) is 28.3 Å². The maximum absolute atomic E-state index is 13.7. The number of benzene rings is 1. The first-order chi connectivity index (χ1) is 9.19. The van der Waals surface area contributed by atoms with E-state index in [4.69, 9.17) is 4.74 Å². The zero-order chi connectivity index (χ0) is 15.5. The number of hydrogen-bond donors (Lipinski definition) is 0. The van der Waals surface area contributed by atoms with Crippen molar-refractivity contribution in [3.63, 3.8) is 0 Å². The average molecular weight is 285 g/mol. The van der Waals surface area contributed by atoms with Gasteiger partial charge in [0.15, 0.2) is 11.6 Å². The van der Waals surface area contributed by atoms with Gasteiger partial charge in [-0.3, -0.25) is 14.9 Å². The van der Waals surface area contributed by atoms with Gasteiger partial charge in [-0.05, 0) is 26.8 Å². The molecular formula is C13H16FNO5. The zero-order valence-electron chi connectivity index (χ0n) is 11.7. The zero-order valence-corrected chi connectivity index (χ0v) is 11.7. The van der Waals surface area contributed by atoms with E-state index < -0.39 is 22.1 Å². The van der Waals surface area contributed by atoms with Crippen molar-refractivity contribution in [2.45, 2.75) is 20.8 Å². The van der Waals surface area contributed by atoms with Crippen LogP contribution in [0.2, 0.25) is 0 Å². The highest BCUT2D eigenvalue weighted by molar-refractivity contribution is 5.75. The molecule has 0 atom stereocenters. The maximum Gasteiger partial charge on any atom is 0.314 e. The fourth-order valence-corrected chi connectivity index (χ4v) is 1.55. The van der Waals surface area contributed by atoms with Crippen molar-refractivity contribution < 1.29 is 23.6 Å². The van der Waals surface area contributed by atoms with Gasteiger partial charge in [0.2, 0.25) is 0 Å². The summed E-state index contributed by atoms with van der Waals surface area (Å²) in [7, 11) is 1.25. The van der Waals surface area contributed by atoms with Gasteiger partial charge < -0.3 is 9.47 Å². The summed E-state index contributed by atoms with van der Waals surface area (Å²) in [6.45, 7) is 4.56. The Morgan fingerprint density at radius 3 is 2.55 bits per heavy atom. The van der Waals surface area contributed by atoms with Crippen molar-refractivity contribution in [2.24, 2.45) is 5.41 Å². The lowest BCUT2D eigenvalue weighted by molar-refractivity contribution is -0.385. The molecule has 0 spiro atoms. The van der Waals surface area contributed by atoms with Crippen molar-refractivity contribution in [2.75, 3.05) is 13.7 Å². The number of hydrogen-bond acceptors (Lipinski definition) is 5. The van der Waals surface area contributed by atoms with Gasteiger partial charge in [-0.2, -0.15) is 0 Å². The molecule has 0 saturated carbocycles. The summed E-state index contributed by atoms with van der Waals surface area (Å²) < 4.78 is 23.6. The Kier molecular flexibility index (Phi) is 4.65. The van der Waals surface area contributed by atoms with Crippen LogP contribution in [-0.2, 0) is 9.53 Å². The molecule has 20 heavy (non-hydrogen) atoms. The number of nitro benzene ring substituents is 1. The van der Waals surface area contributed by atoms with Crippen molar-refractivity contribution in [1.82, 2.24) is 0 Å². The summed E-state index contributed by atoms with van der Waals surface area (Å²) in [5.41, 5.74) is -0.985. The van der Waals surface area contributed by atoms with Gasteiger partial charge in [0.05, 0.1) is 23.5 Å². The Morgan fingerprint density at radius 2 is 2.05 bits per heavy atom. The van der Waals surface area contributed by atoms with Crippen LogP contribution in [0.15, 0.2) is 12.1 Å². The Hall–Kier alpha value is -2.18. The topological polar surface area (TPSA) is 78.7 Å². The maximum atomic E-state index is 13.7. The van der Waals surface area contributed by atoms with Gasteiger partial charge in [-0.15, -0.1) is 0 Å². The molecule has 0 heterocycles. The van der Waals surface area contributed by atoms with E-state index in [-0.39, 0.29) is 23.6 Å². The second-order valence-electron chi connectivity index (χ2n) is 4.99. The van der Waals surface area contributed by atoms with Gasteiger partial charge in [0.1, 0.15) is 6.61 Å². The summed E-state index contributed by atoms with van der Waals surface area (Å²) in [6, 6.07) is 2.04. The van der Waals surface area contributed by atoms with E-state index in [1.165, 1.54) is 20.1 Å². The van der Waals surface area contributed by atoms with Gasteiger partial charge >= 0.3 is 5.97 Å². The molecule has 0 aliphatic heterocycles. The molecule has 110 valence electrons. The molecule has 0 aliphatic carbocycles. The highest BCUT2D eigenvalue weighted by Gasteiger charge is 2.30. The molecule has 0 bridgehead atoms. The second kappa shape index (κ2) is 5.85. The summed E-state index contributed by atoms with van der Waals surface area (Å²) in [6.07, 6.45) is 0. The summed E-state index contributed by atoms with van der Waals surface area (Å²) in [5, 5.41) is 10.7. The van der Waals surface area contributed by atoms with Crippen LogP contribution in [0.1, 0.15) is 19.4 Å². The van der Waals surface area contributed by atoms with Crippen LogP contribution < -0.4 is 4.74 Å². The highest BCUT2D eigenvalue weighted by atomic mass is 19.1. The van der Waals surface area contributed by atoms with E-state index in [0.717, 1.165) is 6.07 Å². The SMILES string of the molecule is COC(=O)C(C)(C)COc1cc(C)c([N+](=O)[O-])cc1F. The molecule has 0 aliphatic rings. The third-order valence-electron chi connectivity index (χ3n) is 2.77. The molecule has 0 unspecified atom stereocenters. The van der Waals surface area contributed by atoms with Crippen molar-refractivity contribution >= 4 is 11.7 Å². The summed E-state index contributed by atoms with van der Waals surface area (Å²) in [5.74, 6) is -1.47. The van der Waals surface area contributed by atoms with Crippen LogP contribution in [-0.4, -0.2) is 24.6 Å². The number of halogens is 1. The Balaban J connectivity index is 2.92. The Morgan fingerprint density at radius 1 is 1.45 bits per heavy atom. The summed E-state index contributed by atoms with van der Waals surface area (Å²) in [4.78, 5) is 21.5. The van der Waals surface area contributed by atoms with Crippen molar-refractivity contribution in [1.29, 1.82) is 0 Å². The number of methoxy groups -OCH3 is 1. The smallest absolute Gasteiger partial charge is 0.314 e. The van der Waals surface area contributed by atoms with E-state index >= 15 is 0 Å². The first-order valence-electron chi connectivity index (χ1n) is 5.85.